The summed E-state index contributed by atoms with van der Waals surface area (Å²) in [6.07, 6.45) is 1.04. The maximum atomic E-state index is 4.39. The van der Waals surface area contributed by atoms with E-state index in [-0.39, 0.29) is 24.0 Å². The van der Waals surface area contributed by atoms with Crippen molar-refractivity contribution in [2.75, 3.05) is 46.3 Å². The van der Waals surface area contributed by atoms with Gasteiger partial charge in [-0.15, -0.1) is 35.3 Å². The van der Waals surface area contributed by atoms with Gasteiger partial charge in [0.1, 0.15) is 0 Å². The van der Waals surface area contributed by atoms with Crippen LogP contribution in [0.2, 0.25) is 0 Å². The zero-order valence-electron chi connectivity index (χ0n) is 14.9. The van der Waals surface area contributed by atoms with Gasteiger partial charge in [-0.1, -0.05) is 0 Å². The molecule has 4 rings (SSSR count). The van der Waals surface area contributed by atoms with E-state index in [0.29, 0.717) is 12.1 Å². The lowest BCUT2D eigenvalue weighted by atomic mass is 10.1. The first-order valence-corrected chi connectivity index (χ1v) is 9.44. The molecule has 1 aromatic rings. The number of aliphatic imine (C=N–C) groups is 1. The quantitative estimate of drug-likeness (QED) is 0.397. The zero-order valence-corrected chi connectivity index (χ0v) is 18.1. The Bertz CT molecular complexity index is 539. The molecule has 2 N–H and O–H groups in total. The number of guanidine groups is 1. The highest BCUT2D eigenvalue weighted by atomic mass is 127. The number of thiophene rings is 1. The van der Waals surface area contributed by atoms with Crippen LogP contribution in [0.4, 0.5) is 0 Å². The van der Waals surface area contributed by atoms with Crippen molar-refractivity contribution in [3.05, 3.63) is 21.9 Å². The molecule has 2 atom stereocenters. The Morgan fingerprint density at radius 1 is 1.33 bits per heavy atom. The average Bonchev–Trinajstić information content (AvgIpc) is 2.97. The van der Waals surface area contributed by atoms with Gasteiger partial charge in [0.2, 0.25) is 0 Å². The van der Waals surface area contributed by atoms with Crippen molar-refractivity contribution >= 4 is 41.3 Å². The Labute approximate surface area is 166 Å². The van der Waals surface area contributed by atoms with Crippen LogP contribution in [0.1, 0.15) is 16.7 Å². The molecule has 0 radical (unpaired) electrons. The number of aryl methyl sites for hydroxylation is 1. The topological polar surface area (TPSA) is 42.9 Å². The van der Waals surface area contributed by atoms with Crippen LogP contribution in [0.25, 0.3) is 0 Å². The summed E-state index contributed by atoms with van der Waals surface area (Å²) in [4.78, 5) is 12.4. The minimum atomic E-state index is 0. The fraction of sp³-hybridized carbons (Fsp3) is 0.706. The number of nitrogens with zero attached hydrogens (tertiary/aromatic N) is 3. The SMILES string of the molecule is CN=C(NCC1CN2CCN1CC2)NC(C)Cc1ccc(C)s1.I. The monoisotopic (exact) mass is 463 g/mol. The molecule has 0 amide bonds. The Morgan fingerprint density at radius 2 is 2.08 bits per heavy atom. The number of hydrogen-bond acceptors (Lipinski definition) is 4. The second-order valence-corrected chi connectivity index (χ2v) is 8.08. The summed E-state index contributed by atoms with van der Waals surface area (Å²) >= 11 is 1.88. The largest absolute Gasteiger partial charge is 0.355 e. The van der Waals surface area contributed by atoms with E-state index in [1.807, 2.05) is 18.4 Å². The fourth-order valence-corrected chi connectivity index (χ4v) is 4.53. The van der Waals surface area contributed by atoms with Gasteiger partial charge in [-0.05, 0) is 26.0 Å². The van der Waals surface area contributed by atoms with Crippen molar-refractivity contribution < 1.29 is 0 Å². The number of halogens is 1. The molecule has 0 aromatic carbocycles. The van der Waals surface area contributed by atoms with Crippen molar-refractivity contribution in [3.63, 3.8) is 0 Å². The van der Waals surface area contributed by atoms with Gasteiger partial charge >= 0.3 is 0 Å². The van der Waals surface area contributed by atoms with Gasteiger partial charge in [0, 0.05) is 74.6 Å². The van der Waals surface area contributed by atoms with E-state index in [0.717, 1.165) is 18.9 Å². The molecule has 0 spiro atoms. The van der Waals surface area contributed by atoms with Crippen molar-refractivity contribution in [2.24, 2.45) is 4.99 Å². The van der Waals surface area contributed by atoms with Gasteiger partial charge in [0.15, 0.2) is 5.96 Å². The average molecular weight is 463 g/mol. The van der Waals surface area contributed by atoms with Crippen molar-refractivity contribution in [1.29, 1.82) is 0 Å². The summed E-state index contributed by atoms with van der Waals surface area (Å²) in [5.74, 6) is 0.920. The van der Waals surface area contributed by atoms with E-state index in [9.17, 15) is 0 Å². The fourth-order valence-electron chi connectivity index (χ4n) is 3.51. The van der Waals surface area contributed by atoms with Crippen LogP contribution in [-0.2, 0) is 6.42 Å². The zero-order chi connectivity index (χ0) is 16.2. The smallest absolute Gasteiger partial charge is 0.191 e. The highest BCUT2D eigenvalue weighted by molar-refractivity contribution is 14.0. The molecule has 3 aliphatic heterocycles. The highest BCUT2D eigenvalue weighted by Gasteiger charge is 2.31. The second kappa shape index (κ2) is 9.35. The lowest BCUT2D eigenvalue weighted by Gasteiger charge is -2.47. The molecule has 3 aliphatic rings. The Balaban J connectivity index is 0.00000208. The van der Waals surface area contributed by atoms with Crippen molar-refractivity contribution in [2.45, 2.75) is 32.4 Å². The van der Waals surface area contributed by atoms with Gasteiger partial charge in [0.05, 0.1) is 0 Å². The van der Waals surface area contributed by atoms with Gasteiger partial charge in [0.25, 0.3) is 0 Å². The molecule has 0 saturated carbocycles. The first-order valence-electron chi connectivity index (χ1n) is 8.63. The predicted octanol–water partition coefficient (Wildman–Crippen LogP) is 1.77. The molecule has 3 saturated heterocycles. The second-order valence-electron chi connectivity index (χ2n) is 6.71. The molecule has 2 bridgehead atoms. The van der Waals surface area contributed by atoms with Crippen LogP contribution >= 0.6 is 35.3 Å². The first kappa shape index (κ1) is 19.9. The number of fused-ring (bicyclic) bond motifs is 3. The molecular weight excluding hydrogens is 433 g/mol. The summed E-state index contributed by atoms with van der Waals surface area (Å²) in [7, 11) is 1.86. The van der Waals surface area contributed by atoms with Gasteiger partial charge in [-0.25, -0.2) is 0 Å². The standard InChI is InChI=1S/C17H29N5S.HI/c1-13(10-16-5-4-14(2)23-16)20-17(18-3)19-11-15-12-21-6-8-22(15)9-7-21;/h4-5,13,15H,6-12H2,1-3H3,(H2,18,19,20);1H. The minimum absolute atomic E-state index is 0. The van der Waals surface area contributed by atoms with Crippen LogP contribution in [0.5, 0.6) is 0 Å². The molecular formula is C17H30IN5S. The number of rotatable bonds is 5. The van der Waals surface area contributed by atoms with Crippen molar-refractivity contribution in [1.82, 2.24) is 20.4 Å². The van der Waals surface area contributed by atoms with Gasteiger partial charge in [-0.2, -0.15) is 0 Å². The third kappa shape index (κ3) is 5.31. The Kier molecular flexibility index (Phi) is 7.77. The highest BCUT2D eigenvalue weighted by Crippen LogP contribution is 2.17. The van der Waals surface area contributed by atoms with Gasteiger partial charge in [-0.3, -0.25) is 14.8 Å². The number of hydrogen-bond donors (Lipinski definition) is 2. The van der Waals surface area contributed by atoms with E-state index < -0.39 is 0 Å². The van der Waals surface area contributed by atoms with Crippen molar-refractivity contribution in [3.8, 4) is 0 Å². The molecule has 5 nitrogen and oxygen atoms in total. The third-order valence-corrected chi connectivity index (χ3v) is 5.83. The summed E-state index contributed by atoms with van der Waals surface area (Å²) in [6.45, 7) is 11.4. The van der Waals surface area contributed by atoms with E-state index in [4.69, 9.17) is 0 Å². The molecule has 0 aliphatic carbocycles. The summed E-state index contributed by atoms with van der Waals surface area (Å²) < 4.78 is 0. The molecule has 4 heterocycles. The lowest BCUT2D eigenvalue weighted by Crippen LogP contribution is -2.64. The molecule has 7 heteroatoms. The van der Waals surface area contributed by atoms with E-state index in [1.165, 1.54) is 42.5 Å². The normalized spacial score (nSPS) is 27.5. The molecule has 136 valence electrons. The molecule has 1 aromatic heterocycles. The molecule has 3 fully saturated rings. The van der Waals surface area contributed by atoms with Gasteiger partial charge < -0.3 is 10.6 Å². The Morgan fingerprint density at radius 3 is 2.62 bits per heavy atom. The molecule has 24 heavy (non-hydrogen) atoms. The van der Waals surface area contributed by atoms with Crippen LogP contribution in [0.15, 0.2) is 17.1 Å². The van der Waals surface area contributed by atoms with E-state index in [2.05, 4.69) is 51.4 Å². The van der Waals surface area contributed by atoms with Crippen LogP contribution in [0.3, 0.4) is 0 Å². The maximum Gasteiger partial charge on any atom is 0.191 e. The van der Waals surface area contributed by atoms with E-state index in [1.54, 1.807) is 0 Å². The maximum absolute atomic E-state index is 4.39. The first-order chi connectivity index (χ1) is 11.1. The van der Waals surface area contributed by atoms with E-state index >= 15 is 0 Å². The summed E-state index contributed by atoms with van der Waals surface area (Å²) in [5, 5.41) is 7.04. The predicted molar refractivity (Wildman–Crippen MR) is 114 cm³/mol. The Hall–Kier alpha value is -0.380. The lowest BCUT2D eigenvalue weighted by molar-refractivity contribution is 0.0154. The molecule has 2 unspecified atom stereocenters. The minimum Gasteiger partial charge on any atom is -0.355 e. The summed E-state index contributed by atoms with van der Waals surface area (Å²) in [5.41, 5.74) is 0. The van der Waals surface area contributed by atoms with Crippen LogP contribution < -0.4 is 10.6 Å². The van der Waals surface area contributed by atoms with Crippen LogP contribution in [-0.4, -0.2) is 74.2 Å². The van der Waals surface area contributed by atoms with Crippen LogP contribution in [0, 0.1) is 6.92 Å². The summed E-state index contributed by atoms with van der Waals surface area (Å²) in [6, 6.07) is 5.42. The number of nitrogens with one attached hydrogen (secondary N) is 2. The number of piperazine rings is 3. The third-order valence-electron chi connectivity index (χ3n) is 4.81.